The molecule has 0 spiro atoms. The summed E-state index contributed by atoms with van der Waals surface area (Å²) in [7, 11) is 2.15. The van der Waals surface area contributed by atoms with Crippen LogP contribution in [-0.2, 0) is 9.53 Å². The van der Waals surface area contributed by atoms with Gasteiger partial charge in [-0.1, -0.05) is 13.3 Å². The highest BCUT2D eigenvalue weighted by Gasteiger charge is 2.31. The van der Waals surface area contributed by atoms with Crippen molar-refractivity contribution in [3.63, 3.8) is 0 Å². The molecule has 0 radical (unpaired) electrons. The average Bonchev–Trinajstić information content (AvgIpc) is 2.47. The molecule has 4 nitrogen and oxygen atoms in total. The van der Waals surface area contributed by atoms with E-state index in [0.717, 1.165) is 38.9 Å². The number of carbonyl (C=O) groups excluding carboxylic acids is 1. The Morgan fingerprint density at radius 1 is 1.39 bits per heavy atom. The molecule has 0 aromatic heterocycles. The molecule has 1 rings (SSSR count). The maximum absolute atomic E-state index is 12.1. The molecule has 2 atom stereocenters. The van der Waals surface area contributed by atoms with Gasteiger partial charge in [0, 0.05) is 19.1 Å². The van der Waals surface area contributed by atoms with E-state index in [1.807, 2.05) is 6.92 Å². The lowest BCUT2D eigenvalue weighted by Crippen LogP contribution is -2.48. The third-order valence-electron chi connectivity index (χ3n) is 3.62. The van der Waals surface area contributed by atoms with Gasteiger partial charge in [-0.3, -0.25) is 9.69 Å². The fourth-order valence-corrected chi connectivity index (χ4v) is 2.78. The number of ether oxygens (including phenoxy) is 1. The van der Waals surface area contributed by atoms with Gasteiger partial charge in [-0.2, -0.15) is 0 Å². The van der Waals surface area contributed by atoms with Gasteiger partial charge in [0.05, 0.1) is 6.61 Å². The van der Waals surface area contributed by atoms with E-state index in [1.165, 1.54) is 0 Å². The number of hydrogen-bond donors (Lipinski definition) is 0. The normalized spacial score (nSPS) is 24.6. The minimum absolute atomic E-state index is 0.0456. The summed E-state index contributed by atoms with van der Waals surface area (Å²) < 4.78 is 5.23. The van der Waals surface area contributed by atoms with Crippen molar-refractivity contribution in [1.82, 2.24) is 9.80 Å². The van der Waals surface area contributed by atoms with E-state index < -0.39 is 0 Å². The molecule has 4 heteroatoms. The Labute approximate surface area is 111 Å². The SMILES string of the molecule is CCCC(C(=O)OCC)N1CCCN(C)CC1C. The first kappa shape index (κ1) is 15.4. The summed E-state index contributed by atoms with van der Waals surface area (Å²) in [5.74, 6) is -0.0456. The molecule has 0 aliphatic carbocycles. The predicted octanol–water partition coefficient (Wildman–Crippen LogP) is 1.74. The molecule has 1 aliphatic rings. The molecule has 1 aliphatic heterocycles. The molecule has 1 heterocycles. The molecule has 0 bridgehead atoms. The quantitative estimate of drug-likeness (QED) is 0.702. The van der Waals surface area contributed by atoms with Gasteiger partial charge in [-0.25, -0.2) is 0 Å². The van der Waals surface area contributed by atoms with Crippen molar-refractivity contribution in [2.45, 2.75) is 52.1 Å². The second kappa shape index (κ2) is 7.74. The lowest BCUT2D eigenvalue weighted by Gasteiger charge is -2.34. The van der Waals surface area contributed by atoms with Crippen LogP contribution in [0.4, 0.5) is 0 Å². The zero-order valence-corrected chi connectivity index (χ0v) is 12.3. The molecule has 106 valence electrons. The van der Waals surface area contributed by atoms with Crippen LogP contribution in [0.25, 0.3) is 0 Å². The maximum atomic E-state index is 12.1. The topological polar surface area (TPSA) is 32.8 Å². The molecule has 1 fully saturated rings. The smallest absolute Gasteiger partial charge is 0.323 e. The minimum atomic E-state index is -0.0588. The Morgan fingerprint density at radius 3 is 2.72 bits per heavy atom. The van der Waals surface area contributed by atoms with Gasteiger partial charge < -0.3 is 9.64 Å². The van der Waals surface area contributed by atoms with Crippen molar-refractivity contribution < 1.29 is 9.53 Å². The Kier molecular flexibility index (Phi) is 6.65. The number of rotatable bonds is 5. The molecular formula is C14H28N2O2. The lowest BCUT2D eigenvalue weighted by atomic mass is 10.1. The fraction of sp³-hybridized carbons (Fsp3) is 0.929. The molecule has 0 amide bonds. The van der Waals surface area contributed by atoms with Crippen LogP contribution in [0.1, 0.15) is 40.0 Å². The van der Waals surface area contributed by atoms with Crippen LogP contribution in [0.3, 0.4) is 0 Å². The van der Waals surface area contributed by atoms with E-state index in [9.17, 15) is 4.79 Å². The van der Waals surface area contributed by atoms with Gasteiger partial charge in [-0.15, -0.1) is 0 Å². The molecule has 0 aromatic carbocycles. The first-order chi connectivity index (χ1) is 8.60. The summed E-state index contributed by atoms with van der Waals surface area (Å²) in [6, 6.07) is 0.356. The van der Waals surface area contributed by atoms with Crippen molar-refractivity contribution in [3.8, 4) is 0 Å². The number of esters is 1. The van der Waals surface area contributed by atoms with Gasteiger partial charge in [0.1, 0.15) is 6.04 Å². The largest absolute Gasteiger partial charge is 0.465 e. The highest BCUT2D eigenvalue weighted by Crippen LogP contribution is 2.17. The van der Waals surface area contributed by atoms with Crippen LogP contribution in [0, 0.1) is 0 Å². The van der Waals surface area contributed by atoms with E-state index in [1.54, 1.807) is 0 Å². The van der Waals surface area contributed by atoms with Gasteiger partial charge in [0.25, 0.3) is 0 Å². The van der Waals surface area contributed by atoms with Crippen LogP contribution < -0.4 is 0 Å². The highest BCUT2D eigenvalue weighted by molar-refractivity contribution is 5.75. The molecule has 2 unspecified atom stereocenters. The number of hydrogen-bond acceptors (Lipinski definition) is 4. The summed E-state index contributed by atoms with van der Waals surface area (Å²) in [6.07, 6.45) is 3.04. The highest BCUT2D eigenvalue weighted by atomic mass is 16.5. The zero-order valence-electron chi connectivity index (χ0n) is 12.3. The van der Waals surface area contributed by atoms with E-state index in [-0.39, 0.29) is 12.0 Å². The monoisotopic (exact) mass is 256 g/mol. The second-order valence-corrected chi connectivity index (χ2v) is 5.26. The Bertz CT molecular complexity index is 258. The third kappa shape index (κ3) is 4.25. The van der Waals surface area contributed by atoms with E-state index >= 15 is 0 Å². The minimum Gasteiger partial charge on any atom is -0.465 e. The van der Waals surface area contributed by atoms with Crippen molar-refractivity contribution >= 4 is 5.97 Å². The predicted molar refractivity (Wildman–Crippen MR) is 73.6 cm³/mol. The van der Waals surface area contributed by atoms with Crippen LogP contribution in [0.15, 0.2) is 0 Å². The summed E-state index contributed by atoms with van der Waals surface area (Å²) in [6.45, 7) is 9.82. The van der Waals surface area contributed by atoms with Crippen LogP contribution in [-0.4, -0.2) is 61.1 Å². The number of likely N-dealkylation sites (N-methyl/N-ethyl adjacent to an activating group) is 1. The van der Waals surface area contributed by atoms with E-state index in [2.05, 4.69) is 30.7 Å². The zero-order chi connectivity index (χ0) is 13.5. The van der Waals surface area contributed by atoms with Crippen molar-refractivity contribution in [3.05, 3.63) is 0 Å². The molecule has 18 heavy (non-hydrogen) atoms. The third-order valence-corrected chi connectivity index (χ3v) is 3.62. The van der Waals surface area contributed by atoms with Gasteiger partial charge >= 0.3 is 5.97 Å². The second-order valence-electron chi connectivity index (χ2n) is 5.26. The standard InChI is InChI=1S/C14H28N2O2/c1-5-8-13(14(17)18-6-2)16-10-7-9-15(4)11-12(16)3/h12-13H,5-11H2,1-4H3. The summed E-state index contributed by atoms with van der Waals surface area (Å²) >= 11 is 0. The van der Waals surface area contributed by atoms with Crippen molar-refractivity contribution in [2.24, 2.45) is 0 Å². The maximum Gasteiger partial charge on any atom is 0.323 e. The average molecular weight is 256 g/mol. The fourth-order valence-electron chi connectivity index (χ4n) is 2.78. The lowest BCUT2D eigenvalue weighted by molar-refractivity contribution is -0.150. The Morgan fingerprint density at radius 2 is 2.11 bits per heavy atom. The van der Waals surface area contributed by atoms with Crippen LogP contribution >= 0.6 is 0 Å². The van der Waals surface area contributed by atoms with Crippen LogP contribution in [0.2, 0.25) is 0 Å². The Balaban J connectivity index is 2.73. The first-order valence-electron chi connectivity index (χ1n) is 7.21. The first-order valence-corrected chi connectivity index (χ1v) is 7.21. The number of nitrogens with zero attached hydrogens (tertiary/aromatic N) is 2. The van der Waals surface area contributed by atoms with Crippen molar-refractivity contribution in [1.29, 1.82) is 0 Å². The molecule has 1 saturated heterocycles. The summed E-state index contributed by atoms with van der Waals surface area (Å²) in [5, 5.41) is 0. The van der Waals surface area contributed by atoms with Gasteiger partial charge in [0.15, 0.2) is 0 Å². The molecule has 0 N–H and O–H groups in total. The molecule has 0 saturated carbocycles. The van der Waals surface area contributed by atoms with E-state index in [4.69, 9.17) is 4.74 Å². The summed E-state index contributed by atoms with van der Waals surface area (Å²) in [5.41, 5.74) is 0. The molecular weight excluding hydrogens is 228 g/mol. The number of carbonyl (C=O) groups is 1. The van der Waals surface area contributed by atoms with Gasteiger partial charge in [0.2, 0.25) is 0 Å². The molecule has 0 aromatic rings. The van der Waals surface area contributed by atoms with E-state index in [0.29, 0.717) is 12.6 Å². The van der Waals surface area contributed by atoms with Crippen LogP contribution in [0.5, 0.6) is 0 Å². The van der Waals surface area contributed by atoms with Gasteiger partial charge in [-0.05, 0) is 40.3 Å². The summed E-state index contributed by atoms with van der Waals surface area (Å²) in [4.78, 5) is 16.8. The Hall–Kier alpha value is -0.610. The van der Waals surface area contributed by atoms with Crippen molar-refractivity contribution in [2.75, 3.05) is 33.3 Å².